The molecule has 2 aromatic heterocycles. The number of anilines is 1. The van der Waals surface area contributed by atoms with Gasteiger partial charge in [0.2, 0.25) is 0 Å². The molecule has 112 valence electrons. The van der Waals surface area contributed by atoms with Gasteiger partial charge in [0.25, 0.3) is 0 Å². The van der Waals surface area contributed by atoms with Gasteiger partial charge in [0.1, 0.15) is 5.82 Å². The Bertz CT molecular complexity index is 625. The number of nitrogens with zero attached hydrogens (tertiary/aromatic N) is 2. The van der Waals surface area contributed by atoms with E-state index in [1.54, 1.807) is 18.2 Å². The average molecular weight is 290 g/mol. The summed E-state index contributed by atoms with van der Waals surface area (Å²) in [5, 5.41) is 3.84. The number of nitrogens with one attached hydrogen (secondary N) is 2. The fraction of sp³-hybridized carbons (Fsp3) is 0.429. The number of hydrogen-bond donors (Lipinski definition) is 2. The molecule has 1 aliphatic heterocycles. The van der Waals surface area contributed by atoms with Crippen LogP contribution in [-0.4, -0.2) is 60.4 Å². The van der Waals surface area contributed by atoms with Gasteiger partial charge in [-0.05, 0) is 12.1 Å². The second-order valence-corrected chi connectivity index (χ2v) is 4.96. The number of hydrogen-bond acceptors (Lipinski definition) is 4. The predicted octanol–water partition coefficient (Wildman–Crippen LogP) is 1.44. The first-order valence-electron chi connectivity index (χ1n) is 6.86. The summed E-state index contributed by atoms with van der Waals surface area (Å²) in [6.07, 6.45) is 3.47. The minimum atomic E-state index is -0.165. The van der Waals surface area contributed by atoms with E-state index < -0.39 is 0 Å². The quantitative estimate of drug-likeness (QED) is 0.896. The molecule has 7 heteroatoms. The first-order valence-corrected chi connectivity index (χ1v) is 6.86. The van der Waals surface area contributed by atoms with Crippen molar-refractivity contribution in [3.8, 4) is 0 Å². The van der Waals surface area contributed by atoms with E-state index in [1.165, 1.54) is 0 Å². The number of ether oxygens (including phenoxy) is 2. The fourth-order valence-corrected chi connectivity index (χ4v) is 2.40. The van der Waals surface area contributed by atoms with Crippen LogP contribution >= 0.6 is 0 Å². The highest BCUT2D eigenvalue weighted by molar-refractivity contribution is 5.91. The fourth-order valence-electron chi connectivity index (χ4n) is 2.40. The third-order valence-electron chi connectivity index (χ3n) is 3.45. The standard InChI is InChI=1S/C14H18N4O3/c1-20-9-11-8-18(4-5-21-11)14(19)17-13-6-10-2-3-15-12(10)7-16-13/h2-3,6-7,11,15H,4-5,8-9H2,1H3,(H,16,17,19). The number of fused-ring (bicyclic) bond motifs is 1. The topological polar surface area (TPSA) is 79.5 Å². The van der Waals surface area contributed by atoms with Crippen molar-refractivity contribution in [1.82, 2.24) is 14.9 Å². The van der Waals surface area contributed by atoms with E-state index in [1.807, 2.05) is 18.3 Å². The Morgan fingerprint density at radius 2 is 2.57 bits per heavy atom. The molecule has 3 rings (SSSR count). The molecule has 0 bridgehead atoms. The lowest BCUT2D eigenvalue weighted by Gasteiger charge is -2.32. The Hall–Kier alpha value is -2.12. The number of methoxy groups -OCH3 is 1. The first-order chi connectivity index (χ1) is 10.3. The zero-order valence-electron chi connectivity index (χ0n) is 11.8. The first kappa shape index (κ1) is 13.8. The van der Waals surface area contributed by atoms with E-state index >= 15 is 0 Å². The maximum Gasteiger partial charge on any atom is 0.323 e. The second kappa shape index (κ2) is 6.11. The van der Waals surface area contributed by atoms with Crippen LogP contribution in [0.25, 0.3) is 10.9 Å². The molecular weight excluding hydrogens is 272 g/mol. The maximum absolute atomic E-state index is 12.3. The van der Waals surface area contributed by atoms with Crippen molar-refractivity contribution in [2.24, 2.45) is 0 Å². The molecule has 1 atom stereocenters. The number of aromatic amines is 1. The number of aromatic nitrogens is 2. The largest absolute Gasteiger partial charge is 0.382 e. The lowest BCUT2D eigenvalue weighted by molar-refractivity contribution is -0.0481. The SMILES string of the molecule is COCC1CN(C(=O)Nc2cc3cc[nH]c3cn2)CCO1. The van der Waals surface area contributed by atoms with Crippen molar-refractivity contribution in [3.63, 3.8) is 0 Å². The number of pyridine rings is 1. The Labute approximate surface area is 122 Å². The van der Waals surface area contributed by atoms with Gasteiger partial charge < -0.3 is 19.4 Å². The molecule has 0 aromatic carbocycles. The molecule has 2 aromatic rings. The van der Waals surface area contributed by atoms with Crippen LogP contribution in [0.15, 0.2) is 24.5 Å². The van der Waals surface area contributed by atoms with Gasteiger partial charge in [0.15, 0.2) is 0 Å². The van der Waals surface area contributed by atoms with Gasteiger partial charge in [0.05, 0.1) is 37.6 Å². The van der Waals surface area contributed by atoms with Gasteiger partial charge >= 0.3 is 6.03 Å². The highest BCUT2D eigenvalue weighted by Crippen LogP contribution is 2.15. The summed E-state index contributed by atoms with van der Waals surface area (Å²) in [5.41, 5.74) is 0.944. The van der Waals surface area contributed by atoms with Crippen LogP contribution in [0.4, 0.5) is 10.6 Å². The van der Waals surface area contributed by atoms with Crippen molar-refractivity contribution in [2.75, 3.05) is 38.7 Å². The van der Waals surface area contributed by atoms with Gasteiger partial charge in [-0.3, -0.25) is 5.32 Å². The summed E-state index contributed by atoms with van der Waals surface area (Å²) in [7, 11) is 1.62. The summed E-state index contributed by atoms with van der Waals surface area (Å²) in [6.45, 7) is 2.09. The Balaban J connectivity index is 1.64. The van der Waals surface area contributed by atoms with E-state index in [2.05, 4.69) is 15.3 Å². The molecule has 3 heterocycles. The summed E-state index contributed by atoms with van der Waals surface area (Å²) < 4.78 is 10.6. The van der Waals surface area contributed by atoms with Crippen molar-refractivity contribution in [2.45, 2.75) is 6.10 Å². The molecule has 1 aliphatic rings. The number of amides is 2. The third-order valence-corrected chi connectivity index (χ3v) is 3.45. The van der Waals surface area contributed by atoms with Crippen LogP contribution in [0.2, 0.25) is 0 Å². The molecule has 0 radical (unpaired) electrons. The third kappa shape index (κ3) is 3.14. The van der Waals surface area contributed by atoms with Crippen LogP contribution in [0.3, 0.4) is 0 Å². The number of rotatable bonds is 3. The average Bonchev–Trinajstić information content (AvgIpc) is 2.95. The zero-order chi connectivity index (χ0) is 14.7. The molecule has 0 aliphatic carbocycles. The van der Waals surface area contributed by atoms with E-state index in [0.29, 0.717) is 32.1 Å². The molecule has 2 N–H and O–H groups in total. The molecule has 1 fully saturated rings. The predicted molar refractivity (Wildman–Crippen MR) is 78.3 cm³/mol. The van der Waals surface area contributed by atoms with E-state index in [-0.39, 0.29) is 12.1 Å². The second-order valence-electron chi connectivity index (χ2n) is 4.96. The van der Waals surface area contributed by atoms with Crippen LogP contribution in [0.5, 0.6) is 0 Å². The summed E-state index contributed by atoms with van der Waals surface area (Å²) in [4.78, 5) is 21.3. The lowest BCUT2D eigenvalue weighted by Crippen LogP contribution is -2.48. The van der Waals surface area contributed by atoms with E-state index in [9.17, 15) is 4.79 Å². The van der Waals surface area contributed by atoms with Gasteiger partial charge in [-0.2, -0.15) is 0 Å². The number of morpholine rings is 1. The van der Waals surface area contributed by atoms with Crippen molar-refractivity contribution < 1.29 is 14.3 Å². The molecule has 0 saturated carbocycles. The van der Waals surface area contributed by atoms with Crippen molar-refractivity contribution >= 4 is 22.8 Å². The number of H-pyrrole nitrogens is 1. The van der Waals surface area contributed by atoms with Gasteiger partial charge in [0, 0.05) is 25.2 Å². The smallest absolute Gasteiger partial charge is 0.323 e. The maximum atomic E-state index is 12.3. The lowest BCUT2D eigenvalue weighted by atomic mass is 10.3. The minimum absolute atomic E-state index is 0.0744. The van der Waals surface area contributed by atoms with E-state index in [0.717, 1.165) is 10.9 Å². The van der Waals surface area contributed by atoms with Gasteiger partial charge in [-0.15, -0.1) is 0 Å². The Morgan fingerprint density at radius 1 is 1.67 bits per heavy atom. The van der Waals surface area contributed by atoms with Crippen LogP contribution in [-0.2, 0) is 9.47 Å². The molecule has 21 heavy (non-hydrogen) atoms. The molecule has 1 saturated heterocycles. The van der Waals surface area contributed by atoms with Gasteiger partial charge in [-0.1, -0.05) is 0 Å². The molecule has 1 unspecified atom stereocenters. The molecular formula is C14H18N4O3. The van der Waals surface area contributed by atoms with Crippen LogP contribution in [0, 0.1) is 0 Å². The van der Waals surface area contributed by atoms with Crippen LogP contribution < -0.4 is 5.32 Å². The van der Waals surface area contributed by atoms with Crippen LogP contribution in [0.1, 0.15) is 0 Å². The highest BCUT2D eigenvalue weighted by atomic mass is 16.5. The Kier molecular flexibility index (Phi) is 4.03. The monoisotopic (exact) mass is 290 g/mol. The summed E-state index contributed by atoms with van der Waals surface area (Å²) >= 11 is 0. The molecule has 7 nitrogen and oxygen atoms in total. The minimum Gasteiger partial charge on any atom is -0.382 e. The summed E-state index contributed by atoms with van der Waals surface area (Å²) in [6, 6.07) is 3.62. The zero-order valence-corrected chi connectivity index (χ0v) is 11.8. The Morgan fingerprint density at radius 3 is 3.43 bits per heavy atom. The normalized spacial score (nSPS) is 18.9. The number of carbonyl (C=O) groups excluding carboxylic acids is 1. The number of carbonyl (C=O) groups is 1. The van der Waals surface area contributed by atoms with Gasteiger partial charge in [-0.25, -0.2) is 9.78 Å². The van der Waals surface area contributed by atoms with Crippen molar-refractivity contribution in [3.05, 3.63) is 24.5 Å². The summed E-state index contributed by atoms with van der Waals surface area (Å²) in [5.74, 6) is 0.543. The molecule has 0 spiro atoms. The number of urea groups is 1. The highest BCUT2D eigenvalue weighted by Gasteiger charge is 2.24. The van der Waals surface area contributed by atoms with Crippen molar-refractivity contribution in [1.29, 1.82) is 0 Å². The molecule has 2 amide bonds. The van der Waals surface area contributed by atoms with E-state index in [4.69, 9.17) is 9.47 Å².